The van der Waals surface area contributed by atoms with Gasteiger partial charge in [0.1, 0.15) is 11.5 Å². The molecule has 0 radical (unpaired) electrons. The Kier molecular flexibility index (Phi) is 3.56. The first-order chi connectivity index (χ1) is 11.4. The molecule has 0 amide bonds. The van der Waals surface area contributed by atoms with Crippen LogP contribution in [-0.2, 0) is 0 Å². The smallest absolute Gasteiger partial charge is 0.272 e. The SMILES string of the molecule is Cc1ncc(C)c2c(-c3ccc(F)c(N)c3C=N)c(N)c(=O)[nH]c12. The minimum absolute atomic E-state index is 0.00897. The fourth-order valence-electron chi connectivity index (χ4n) is 2.87. The van der Waals surface area contributed by atoms with Crippen LogP contribution >= 0.6 is 0 Å². The zero-order valence-electron chi connectivity index (χ0n) is 13.2. The normalized spacial score (nSPS) is 11.0. The molecule has 0 aliphatic carbocycles. The molecule has 0 spiro atoms. The number of nitrogen functional groups attached to an aromatic ring is 2. The summed E-state index contributed by atoms with van der Waals surface area (Å²) in [6.07, 6.45) is 2.64. The van der Waals surface area contributed by atoms with E-state index < -0.39 is 11.4 Å². The topological polar surface area (TPSA) is 122 Å². The monoisotopic (exact) mass is 325 g/mol. The Hall–Kier alpha value is -3.22. The molecule has 7 heteroatoms. The van der Waals surface area contributed by atoms with Crippen molar-refractivity contribution in [3.05, 3.63) is 51.3 Å². The number of benzene rings is 1. The van der Waals surface area contributed by atoms with E-state index in [2.05, 4.69) is 9.97 Å². The second-order valence-electron chi connectivity index (χ2n) is 5.59. The molecule has 0 saturated carbocycles. The van der Waals surface area contributed by atoms with Crippen molar-refractivity contribution < 1.29 is 4.39 Å². The molecule has 0 atom stereocenters. The van der Waals surface area contributed by atoms with E-state index in [1.54, 1.807) is 13.1 Å². The number of pyridine rings is 2. The maximum atomic E-state index is 13.8. The number of aryl methyl sites for hydroxylation is 2. The highest BCUT2D eigenvalue weighted by molar-refractivity contribution is 6.07. The molecule has 122 valence electrons. The van der Waals surface area contributed by atoms with E-state index in [0.29, 0.717) is 27.7 Å². The molecule has 1 aromatic carbocycles. The second kappa shape index (κ2) is 5.45. The van der Waals surface area contributed by atoms with Gasteiger partial charge in [0.25, 0.3) is 5.56 Å². The van der Waals surface area contributed by atoms with Crippen LogP contribution in [0.1, 0.15) is 16.8 Å². The van der Waals surface area contributed by atoms with Crippen LogP contribution in [0.4, 0.5) is 15.8 Å². The maximum absolute atomic E-state index is 13.8. The molecule has 0 aliphatic heterocycles. The van der Waals surface area contributed by atoms with Gasteiger partial charge in [-0.2, -0.15) is 0 Å². The largest absolute Gasteiger partial charge is 0.396 e. The van der Waals surface area contributed by atoms with E-state index in [1.807, 2.05) is 6.92 Å². The van der Waals surface area contributed by atoms with Crippen molar-refractivity contribution in [3.63, 3.8) is 0 Å². The van der Waals surface area contributed by atoms with Gasteiger partial charge in [0.15, 0.2) is 0 Å². The zero-order valence-corrected chi connectivity index (χ0v) is 13.2. The average molecular weight is 325 g/mol. The summed E-state index contributed by atoms with van der Waals surface area (Å²) in [5.41, 5.74) is 14.2. The third kappa shape index (κ3) is 2.13. The summed E-state index contributed by atoms with van der Waals surface area (Å²) in [4.78, 5) is 19.3. The van der Waals surface area contributed by atoms with E-state index in [0.717, 1.165) is 11.8 Å². The third-order valence-corrected chi connectivity index (χ3v) is 4.11. The second-order valence-corrected chi connectivity index (χ2v) is 5.59. The van der Waals surface area contributed by atoms with Gasteiger partial charge in [-0.15, -0.1) is 0 Å². The number of anilines is 2. The molecule has 24 heavy (non-hydrogen) atoms. The van der Waals surface area contributed by atoms with Crippen molar-refractivity contribution in [2.45, 2.75) is 13.8 Å². The third-order valence-electron chi connectivity index (χ3n) is 4.11. The van der Waals surface area contributed by atoms with Crippen LogP contribution in [0, 0.1) is 25.1 Å². The maximum Gasteiger partial charge on any atom is 0.272 e. The average Bonchev–Trinajstić information content (AvgIpc) is 2.55. The van der Waals surface area contributed by atoms with Crippen LogP contribution in [0.3, 0.4) is 0 Å². The lowest BCUT2D eigenvalue weighted by Gasteiger charge is -2.16. The van der Waals surface area contributed by atoms with Gasteiger partial charge in [-0.1, -0.05) is 6.07 Å². The van der Waals surface area contributed by atoms with Crippen molar-refractivity contribution in [1.29, 1.82) is 5.41 Å². The molecule has 0 aliphatic rings. The summed E-state index contributed by atoms with van der Waals surface area (Å²) >= 11 is 0. The number of aromatic amines is 1. The predicted molar refractivity (Wildman–Crippen MR) is 93.9 cm³/mol. The molecule has 6 nitrogen and oxygen atoms in total. The van der Waals surface area contributed by atoms with Gasteiger partial charge in [0.05, 0.1) is 16.9 Å². The Morgan fingerprint density at radius 3 is 2.62 bits per heavy atom. The lowest BCUT2D eigenvalue weighted by Crippen LogP contribution is -2.15. The number of hydrogen-bond donors (Lipinski definition) is 4. The van der Waals surface area contributed by atoms with Crippen LogP contribution in [0.15, 0.2) is 23.1 Å². The minimum Gasteiger partial charge on any atom is -0.396 e. The van der Waals surface area contributed by atoms with E-state index in [9.17, 15) is 9.18 Å². The van der Waals surface area contributed by atoms with Gasteiger partial charge in [0.2, 0.25) is 0 Å². The fourth-order valence-corrected chi connectivity index (χ4v) is 2.87. The number of halogens is 1. The Bertz CT molecular complexity index is 1060. The summed E-state index contributed by atoms with van der Waals surface area (Å²) in [5.74, 6) is -0.625. The number of nitrogens with two attached hydrogens (primary N) is 2. The molecule has 2 aromatic heterocycles. The Morgan fingerprint density at radius 2 is 1.96 bits per heavy atom. The number of hydrogen-bond acceptors (Lipinski definition) is 5. The first-order valence-electron chi connectivity index (χ1n) is 7.23. The Labute approximate surface area is 136 Å². The van der Waals surface area contributed by atoms with E-state index >= 15 is 0 Å². The standard InChI is InChI=1S/C17H16FN5O/c1-7-6-22-8(2)16-12(7)13(15(21)17(24)23-16)9-3-4-11(18)14(20)10(9)5-19/h3-6,19H,20-21H2,1-2H3,(H,23,24). The summed E-state index contributed by atoms with van der Waals surface area (Å²) in [6, 6.07) is 2.68. The summed E-state index contributed by atoms with van der Waals surface area (Å²) in [6.45, 7) is 3.61. The Morgan fingerprint density at radius 1 is 1.25 bits per heavy atom. The van der Waals surface area contributed by atoms with Crippen molar-refractivity contribution >= 4 is 28.5 Å². The van der Waals surface area contributed by atoms with Crippen LogP contribution in [-0.4, -0.2) is 16.2 Å². The molecular formula is C17H16FN5O. The quantitative estimate of drug-likeness (QED) is 0.427. The molecular weight excluding hydrogens is 309 g/mol. The molecule has 3 aromatic rings. The molecule has 0 saturated heterocycles. The van der Waals surface area contributed by atoms with E-state index in [-0.39, 0.29) is 16.9 Å². The van der Waals surface area contributed by atoms with Crippen LogP contribution in [0.2, 0.25) is 0 Å². The number of nitrogens with one attached hydrogen (secondary N) is 2. The molecule has 0 unspecified atom stereocenters. The lowest BCUT2D eigenvalue weighted by atomic mass is 9.93. The van der Waals surface area contributed by atoms with Gasteiger partial charge in [-0.3, -0.25) is 9.78 Å². The van der Waals surface area contributed by atoms with Gasteiger partial charge in [-0.25, -0.2) is 4.39 Å². The van der Waals surface area contributed by atoms with Crippen molar-refractivity contribution in [1.82, 2.24) is 9.97 Å². The van der Waals surface area contributed by atoms with Crippen LogP contribution in [0.5, 0.6) is 0 Å². The summed E-state index contributed by atoms with van der Waals surface area (Å²) in [7, 11) is 0. The minimum atomic E-state index is -0.625. The molecule has 0 fully saturated rings. The van der Waals surface area contributed by atoms with Gasteiger partial charge < -0.3 is 21.9 Å². The van der Waals surface area contributed by atoms with Crippen LogP contribution < -0.4 is 17.0 Å². The van der Waals surface area contributed by atoms with Crippen molar-refractivity contribution in [2.24, 2.45) is 0 Å². The van der Waals surface area contributed by atoms with E-state index in [4.69, 9.17) is 16.9 Å². The highest BCUT2D eigenvalue weighted by Crippen LogP contribution is 2.37. The molecule has 2 heterocycles. The summed E-state index contributed by atoms with van der Waals surface area (Å²) < 4.78 is 13.8. The number of nitrogens with zero attached hydrogens (tertiary/aromatic N) is 1. The Balaban J connectivity index is 2.59. The highest BCUT2D eigenvalue weighted by Gasteiger charge is 2.20. The van der Waals surface area contributed by atoms with Crippen molar-refractivity contribution in [3.8, 4) is 11.1 Å². The van der Waals surface area contributed by atoms with Crippen molar-refractivity contribution in [2.75, 3.05) is 11.5 Å². The number of H-pyrrole nitrogens is 1. The van der Waals surface area contributed by atoms with Crippen LogP contribution in [0.25, 0.3) is 22.0 Å². The molecule has 3 rings (SSSR count). The van der Waals surface area contributed by atoms with Gasteiger partial charge >= 0.3 is 0 Å². The predicted octanol–water partition coefficient (Wildman–Crippen LogP) is 2.51. The zero-order chi connectivity index (χ0) is 17.6. The first-order valence-corrected chi connectivity index (χ1v) is 7.23. The summed E-state index contributed by atoms with van der Waals surface area (Å²) in [5, 5.41) is 8.29. The van der Waals surface area contributed by atoms with Gasteiger partial charge in [0, 0.05) is 28.9 Å². The first kappa shape index (κ1) is 15.7. The number of aromatic nitrogens is 2. The fraction of sp³-hybridized carbons (Fsp3) is 0.118. The number of rotatable bonds is 2. The molecule has 0 bridgehead atoms. The van der Waals surface area contributed by atoms with Gasteiger partial charge in [-0.05, 0) is 31.0 Å². The lowest BCUT2D eigenvalue weighted by molar-refractivity contribution is 0.632. The molecule has 6 N–H and O–H groups in total. The van der Waals surface area contributed by atoms with E-state index in [1.165, 1.54) is 12.1 Å². The number of fused-ring (bicyclic) bond motifs is 1. The highest BCUT2D eigenvalue weighted by atomic mass is 19.1.